The first-order chi connectivity index (χ1) is 16.6. The van der Waals surface area contributed by atoms with E-state index in [0.29, 0.717) is 5.56 Å². The lowest BCUT2D eigenvalue weighted by molar-refractivity contribution is -0.137. The van der Waals surface area contributed by atoms with Crippen LogP contribution in [0.5, 0.6) is 0 Å². The van der Waals surface area contributed by atoms with Crippen molar-refractivity contribution in [2.75, 3.05) is 19.8 Å². The van der Waals surface area contributed by atoms with Crippen molar-refractivity contribution in [1.82, 2.24) is 5.32 Å². The Bertz CT molecular complexity index is 1240. The molecule has 0 aliphatic heterocycles. The lowest BCUT2D eigenvalue weighted by Gasteiger charge is -2.14. The van der Waals surface area contributed by atoms with Crippen molar-refractivity contribution in [2.45, 2.75) is 12.8 Å². The van der Waals surface area contributed by atoms with Gasteiger partial charge in [-0.15, -0.1) is 0 Å². The predicted octanol–water partition coefficient (Wildman–Crippen LogP) is 4.32. The fourth-order valence-electron chi connectivity index (χ4n) is 3.93. The second-order valence-electron chi connectivity index (χ2n) is 7.61. The highest BCUT2D eigenvalue weighted by Crippen LogP contribution is 2.44. The van der Waals surface area contributed by atoms with E-state index in [1.54, 1.807) is 19.1 Å². The smallest absolute Gasteiger partial charge is 0.407 e. The molecule has 0 fully saturated rings. The van der Waals surface area contributed by atoms with Crippen molar-refractivity contribution in [3.05, 3.63) is 95.1 Å². The van der Waals surface area contributed by atoms with Crippen molar-refractivity contribution >= 4 is 17.8 Å². The number of hydrogen-bond donors (Lipinski definition) is 1. The second kappa shape index (κ2) is 10.5. The van der Waals surface area contributed by atoms with E-state index in [0.717, 1.165) is 11.1 Å². The van der Waals surface area contributed by atoms with Gasteiger partial charge in [0.15, 0.2) is 0 Å². The summed E-state index contributed by atoms with van der Waals surface area (Å²) < 4.78 is 10.2. The molecule has 1 aliphatic rings. The number of alkyl carbamates (subject to hydrolysis) is 1. The third-order valence-corrected chi connectivity index (χ3v) is 5.51. The molecular weight excluding hydrogens is 430 g/mol. The number of hydrogen-bond acceptors (Lipinski definition) is 5. The Balaban J connectivity index is 1.28. The molecule has 0 heterocycles. The normalized spacial score (nSPS) is 11.4. The minimum Gasteiger partial charge on any atom is -0.460 e. The summed E-state index contributed by atoms with van der Waals surface area (Å²) in [4.78, 5) is 35.6. The molecule has 3 aromatic carbocycles. The number of rotatable bonds is 6. The molecule has 4 rings (SSSR count). The van der Waals surface area contributed by atoms with Gasteiger partial charge < -0.3 is 14.8 Å². The minimum atomic E-state index is -0.881. The van der Waals surface area contributed by atoms with Crippen LogP contribution in [-0.2, 0) is 14.3 Å². The molecule has 1 N–H and O–H groups in total. The zero-order valence-electron chi connectivity index (χ0n) is 18.7. The highest BCUT2D eigenvalue weighted by Gasteiger charge is 2.28. The van der Waals surface area contributed by atoms with E-state index < -0.39 is 17.8 Å². The Morgan fingerprint density at radius 1 is 0.853 bits per heavy atom. The molecule has 3 aromatic rings. The number of carbonyl (C=O) groups excluding carboxylic acids is 3. The number of benzene rings is 3. The predicted molar refractivity (Wildman–Crippen MR) is 127 cm³/mol. The molecular formula is C28H23NO5. The molecule has 0 unspecified atom stereocenters. The van der Waals surface area contributed by atoms with Crippen LogP contribution in [0.1, 0.15) is 39.9 Å². The summed E-state index contributed by atoms with van der Waals surface area (Å²) in [6.07, 6.45) is -0.536. The fraction of sp³-hybridized carbons (Fsp3) is 0.179. The van der Waals surface area contributed by atoms with Crippen molar-refractivity contribution in [3.63, 3.8) is 0 Å². The Hall–Kier alpha value is -4.37. The van der Waals surface area contributed by atoms with E-state index in [1.807, 2.05) is 24.3 Å². The van der Waals surface area contributed by atoms with Gasteiger partial charge in [-0.3, -0.25) is 4.79 Å². The zero-order chi connectivity index (χ0) is 23.9. The maximum Gasteiger partial charge on any atom is 0.407 e. The Labute approximate surface area is 197 Å². The van der Waals surface area contributed by atoms with Crippen molar-refractivity contribution in [3.8, 4) is 23.0 Å². The molecule has 34 heavy (non-hydrogen) atoms. The Morgan fingerprint density at radius 3 is 2.09 bits per heavy atom. The van der Waals surface area contributed by atoms with Crippen LogP contribution in [-0.4, -0.2) is 37.6 Å². The molecule has 0 spiro atoms. The van der Waals surface area contributed by atoms with Crippen molar-refractivity contribution < 1.29 is 23.9 Å². The highest BCUT2D eigenvalue weighted by molar-refractivity contribution is 6.40. The van der Waals surface area contributed by atoms with E-state index in [2.05, 4.69) is 41.4 Å². The van der Waals surface area contributed by atoms with E-state index in [1.165, 1.54) is 23.3 Å². The van der Waals surface area contributed by atoms with Crippen LogP contribution in [0, 0.1) is 11.8 Å². The molecule has 1 amide bonds. The second-order valence-corrected chi connectivity index (χ2v) is 7.61. The third-order valence-electron chi connectivity index (χ3n) is 5.51. The number of carbonyl (C=O) groups is 3. The maximum absolute atomic E-state index is 12.2. The summed E-state index contributed by atoms with van der Waals surface area (Å²) in [5, 5.41) is 2.63. The van der Waals surface area contributed by atoms with Crippen LogP contribution < -0.4 is 5.32 Å². The largest absolute Gasteiger partial charge is 0.460 e. The number of nitrogens with one attached hydrogen (secondary N) is 1. The molecule has 0 radical (unpaired) electrons. The number of ketones is 1. The van der Waals surface area contributed by atoms with Crippen molar-refractivity contribution in [2.24, 2.45) is 0 Å². The van der Waals surface area contributed by atoms with Gasteiger partial charge in [-0.2, -0.15) is 0 Å². The standard InChI is InChI=1S/C28H23NO5/c1-2-33-27(31)26(30)20-15-13-19(14-16-20)8-7-17-29-28(32)34-18-25-23-11-5-3-9-21(23)22-10-4-6-12-24(22)25/h3-6,9-16,25H,2,17-18H2,1H3,(H,29,32). The van der Waals surface area contributed by atoms with Gasteiger partial charge in [-0.25, -0.2) is 9.59 Å². The summed E-state index contributed by atoms with van der Waals surface area (Å²) in [5.41, 5.74) is 5.54. The highest BCUT2D eigenvalue weighted by atomic mass is 16.5. The summed E-state index contributed by atoms with van der Waals surface area (Å²) in [6.45, 7) is 2.13. The maximum atomic E-state index is 12.2. The molecule has 0 aromatic heterocycles. The van der Waals surface area contributed by atoms with Gasteiger partial charge in [-0.1, -0.05) is 60.4 Å². The summed E-state index contributed by atoms with van der Waals surface area (Å²) >= 11 is 0. The number of Topliss-reactive ketones (excluding diaryl/α,β-unsaturated/α-hetero) is 1. The van der Waals surface area contributed by atoms with Crippen LogP contribution in [0.3, 0.4) is 0 Å². The van der Waals surface area contributed by atoms with E-state index >= 15 is 0 Å². The zero-order valence-corrected chi connectivity index (χ0v) is 18.7. The van der Waals surface area contributed by atoms with Gasteiger partial charge in [0.25, 0.3) is 5.78 Å². The first-order valence-corrected chi connectivity index (χ1v) is 11.0. The quantitative estimate of drug-likeness (QED) is 0.260. The molecule has 0 bridgehead atoms. The van der Waals surface area contributed by atoms with E-state index in [9.17, 15) is 14.4 Å². The molecule has 1 aliphatic carbocycles. The number of ether oxygens (including phenoxy) is 2. The summed E-state index contributed by atoms with van der Waals surface area (Å²) in [5.74, 6) is 4.16. The molecule has 170 valence electrons. The Kier molecular flexibility index (Phi) is 7.04. The molecule has 6 heteroatoms. The average molecular weight is 453 g/mol. The van der Waals surface area contributed by atoms with Gasteiger partial charge in [0.1, 0.15) is 6.61 Å². The molecule has 0 saturated heterocycles. The van der Waals surface area contributed by atoms with Gasteiger partial charge >= 0.3 is 12.1 Å². The average Bonchev–Trinajstić information content (AvgIpc) is 3.19. The van der Waals surface area contributed by atoms with Gasteiger partial charge in [0.2, 0.25) is 0 Å². The molecule has 6 nitrogen and oxygen atoms in total. The first-order valence-electron chi connectivity index (χ1n) is 11.0. The number of amides is 1. The minimum absolute atomic E-state index is 0.0000621. The summed E-state index contributed by atoms with van der Waals surface area (Å²) in [6, 6.07) is 22.6. The number of esters is 1. The van der Waals surface area contributed by atoms with Crippen LogP contribution in [0.25, 0.3) is 11.1 Å². The SMILES string of the molecule is CCOC(=O)C(=O)c1ccc(C#CCNC(=O)OCC2c3ccccc3-c3ccccc32)cc1. The van der Waals surface area contributed by atoms with Crippen LogP contribution >= 0.6 is 0 Å². The van der Waals surface area contributed by atoms with Crippen LogP contribution in [0.15, 0.2) is 72.8 Å². The van der Waals surface area contributed by atoms with Gasteiger partial charge in [0, 0.05) is 17.0 Å². The van der Waals surface area contributed by atoms with E-state index in [4.69, 9.17) is 9.47 Å². The van der Waals surface area contributed by atoms with Crippen molar-refractivity contribution in [1.29, 1.82) is 0 Å². The summed E-state index contributed by atoms with van der Waals surface area (Å²) in [7, 11) is 0. The lowest BCUT2D eigenvalue weighted by Crippen LogP contribution is -2.26. The monoisotopic (exact) mass is 453 g/mol. The van der Waals surface area contributed by atoms with Gasteiger partial charge in [-0.05, 0) is 53.4 Å². The Morgan fingerprint density at radius 2 is 1.47 bits per heavy atom. The fourth-order valence-corrected chi connectivity index (χ4v) is 3.93. The molecule has 0 saturated carbocycles. The topological polar surface area (TPSA) is 81.7 Å². The number of fused-ring (bicyclic) bond motifs is 3. The first kappa shape index (κ1) is 22.8. The van der Waals surface area contributed by atoms with E-state index in [-0.39, 0.29) is 31.2 Å². The van der Waals surface area contributed by atoms with Crippen LogP contribution in [0.4, 0.5) is 4.79 Å². The lowest BCUT2D eigenvalue weighted by atomic mass is 9.98. The molecule has 0 atom stereocenters. The van der Waals surface area contributed by atoms with Gasteiger partial charge in [0.05, 0.1) is 13.2 Å². The van der Waals surface area contributed by atoms with Crippen LogP contribution in [0.2, 0.25) is 0 Å². The third kappa shape index (κ3) is 5.00.